The number of rotatable bonds is 5. The Kier molecular flexibility index (Phi) is 4.69. The van der Waals surface area contributed by atoms with E-state index in [1.807, 2.05) is 13.8 Å². The van der Waals surface area contributed by atoms with Crippen LogP contribution in [0.3, 0.4) is 0 Å². The van der Waals surface area contributed by atoms with Crippen molar-refractivity contribution in [2.24, 2.45) is 5.92 Å². The maximum absolute atomic E-state index is 12.5. The van der Waals surface area contributed by atoms with Crippen molar-refractivity contribution in [2.75, 3.05) is 0 Å². The first-order chi connectivity index (χ1) is 11.7. The summed E-state index contributed by atoms with van der Waals surface area (Å²) >= 11 is 0. The second kappa shape index (κ2) is 6.63. The minimum absolute atomic E-state index is 0.0815. The molecule has 0 aromatic carbocycles. The van der Waals surface area contributed by atoms with E-state index in [0.29, 0.717) is 29.5 Å². The molecule has 0 aliphatic heterocycles. The van der Waals surface area contributed by atoms with Crippen molar-refractivity contribution in [3.63, 3.8) is 0 Å². The molecule has 136 valence electrons. The molecular formula is C18H26N4O3. The Morgan fingerprint density at radius 1 is 1.44 bits per heavy atom. The lowest BCUT2D eigenvalue weighted by atomic mass is 10.0. The van der Waals surface area contributed by atoms with Crippen LogP contribution in [0.1, 0.15) is 60.7 Å². The summed E-state index contributed by atoms with van der Waals surface area (Å²) < 4.78 is 7.21. The van der Waals surface area contributed by atoms with Crippen LogP contribution in [0.4, 0.5) is 0 Å². The summed E-state index contributed by atoms with van der Waals surface area (Å²) in [6.07, 6.45) is 4.85. The van der Waals surface area contributed by atoms with Crippen molar-refractivity contribution in [1.29, 1.82) is 0 Å². The van der Waals surface area contributed by atoms with Crippen LogP contribution < -0.4 is 5.32 Å². The van der Waals surface area contributed by atoms with E-state index in [2.05, 4.69) is 15.6 Å². The lowest BCUT2D eigenvalue weighted by molar-refractivity contribution is 0.0737. The molecule has 2 heterocycles. The summed E-state index contributed by atoms with van der Waals surface area (Å²) in [6, 6.07) is 1.89. The molecular weight excluding hydrogens is 320 g/mol. The van der Waals surface area contributed by atoms with Crippen LogP contribution in [-0.2, 0) is 12.1 Å². The van der Waals surface area contributed by atoms with Gasteiger partial charge in [0.25, 0.3) is 5.91 Å². The second-order valence-corrected chi connectivity index (χ2v) is 7.48. The van der Waals surface area contributed by atoms with Crippen molar-refractivity contribution in [2.45, 2.75) is 65.1 Å². The first kappa shape index (κ1) is 17.7. The standard InChI is InChI=1S/C18H26N4O3/c1-11-8-14(12(2)25-11)17(23)19-15-7-5-6-13(15)9-22-10-16(20-21-22)18(3,4)24/h8,10,13,15,24H,5-7,9H2,1-4H3,(H,19,23)/t13-,15-/m1/s1. The number of nitrogens with one attached hydrogen (secondary N) is 1. The van der Waals surface area contributed by atoms with Crippen LogP contribution in [0.25, 0.3) is 0 Å². The molecule has 1 aliphatic carbocycles. The zero-order chi connectivity index (χ0) is 18.2. The van der Waals surface area contributed by atoms with Crippen molar-refractivity contribution in [3.8, 4) is 0 Å². The second-order valence-electron chi connectivity index (χ2n) is 7.48. The molecule has 1 aliphatic rings. The first-order valence-corrected chi connectivity index (χ1v) is 8.75. The maximum atomic E-state index is 12.5. The quantitative estimate of drug-likeness (QED) is 0.866. The fraction of sp³-hybridized carbons (Fsp3) is 0.611. The average molecular weight is 346 g/mol. The van der Waals surface area contributed by atoms with E-state index >= 15 is 0 Å². The molecule has 0 bridgehead atoms. The third kappa shape index (κ3) is 3.92. The zero-order valence-electron chi connectivity index (χ0n) is 15.2. The minimum Gasteiger partial charge on any atom is -0.466 e. The number of hydrogen-bond donors (Lipinski definition) is 2. The third-order valence-corrected chi connectivity index (χ3v) is 4.85. The van der Waals surface area contributed by atoms with Gasteiger partial charge in [-0.05, 0) is 52.5 Å². The van der Waals surface area contributed by atoms with Gasteiger partial charge in [0.2, 0.25) is 0 Å². The smallest absolute Gasteiger partial charge is 0.255 e. The van der Waals surface area contributed by atoms with Gasteiger partial charge in [-0.3, -0.25) is 9.48 Å². The summed E-state index contributed by atoms with van der Waals surface area (Å²) in [4.78, 5) is 12.5. The molecule has 2 atom stereocenters. The Morgan fingerprint density at radius 2 is 2.20 bits per heavy atom. The fourth-order valence-corrected chi connectivity index (χ4v) is 3.46. The Morgan fingerprint density at radius 3 is 2.80 bits per heavy atom. The first-order valence-electron chi connectivity index (χ1n) is 8.75. The van der Waals surface area contributed by atoms with Crippen molar-refractivity contribution in [1.82, 2.24) is 20.3 Å². The molecule has 1 saturated carbocycles. The molecule has 25 heavy (non-hydrogen) atoms. The number of aliphatic hydroxyl groups is 1. The van der Waals surface area contributed by atoms with Gasteiger partial charge >= 0.3 is 0 Å². The molecule has 0 saturated heterocycles. The van der Waals surface area contributed by atoms with Gasteiger partial charge in [-0.15, -0.1) is 5.10 Å². The van der Waals surface area contributed by atoms with E-state index in [1.54, 1.807) is 30.8 Å². The lowest BCUT2D eigenvalue weighted by Crippen LogP contribution is -2.39. The van der Waals surface area contributed by atoms with Crippen molar-refractivity contribution in [3.05, 3.63) is 35.0 Å². The molecule has 2 N–H and O–H groups in total. The van der Waals surface area contributed by atoms with Crippen LogP contribution >= 0.6 is 0 Å². The van der Waals surface area contributed by atoms with Gasteiger partial charge in [0.1, 0.15) is 22.8 Å². The summed E-state index contributed by atoms with van der Waals surface area (Å²) in [7, 11) is 0. The molecule has 7 heteroatoms. The lowest BCUT2D eigenvalue weighted by Gasteiger charge is -2.20. The van der Waals surface area contributed by atoms with E-state index in [4.69, 9.17) is 4.42 Å². The molecule has 0 unspecified atom stereocenters. The Hall–Kier alpha value is -2.15. The summed E-state index contributed by atoms with van der Waals surface area (Å²) in [5.41, 5.74) is 0.155. The maximum Gasteiger partial charge on any atom is 0.255 e. The SMILES string of the molecule is Cc1cc(C(=O)N[C@@H]2CCC[C@@H]2Cn2cc(C(C)(C)O)nn2)c(C)o1. The van der Waals surface area contributed by atoms with Gasteiger partial charge in [-0.1, -0.05) is 11.6 Å². The molecule has 0 spiro atoms. The highest BCUT2D eigenvalue weighted by Gasteiger charge is 2.30. The van der Waals surface area contributed by atoms with Gasteiger partial charge in [0.05, 0.1) is 11.8 Å². The summed E-state index contributed by atoms with van der Waals surface area (Å²) in [5, 5.41) is 21.3. The minimum atomic E-state index is -1.00. The van der Waals surface area contributed by atoms with Crippen molar-refractivity contribution < 1.29 is 14.3 Å². The van der Waals surface area contributed by atoms with Crippen LogP contribution in [0.2, 0.25) is 0 Å². The highest BCUT2D eigenvalue weighted by Crippen LogP contribution is 2.28. The number of carbonyl (C=O) groups is 1. The Bertz CT molecular complexity index is 757. The molecule has 2 aromatic heterocycles. The number of nitrogens with zero attached hydrogens (tertiary/aromatic N) is 3. The van der Waals surface area contributed by atoms with Gasteiger partial charge in [0, 0.05) is 12.6 Å². The number of aryl methyl sites for hydroxylation is 2. The van der Waals surface area contributed by atoms with Gasteiger partial charge in [0.15, 0.2) is 0 Å². The van der Waals surface area contributed by atoms with E-state index < -0.39 is 5.60 Å². The number of furan rings is 1. The van der Waals surface area contributed by atoms with Crippen LogP contribution in [0, 0.1) is 19.8 Å². The monoisotopic (exact) mass is 346 g/mol. The summed E-state index contributed by atoms with van der Waals surface area (Å²) in [6.45, 7) is 7.70. The van der Waals surface area contributed by atoms with Crippen LogP contribution in [0.15, 0.2) is 16.7 Å². The highest BCUT2D eigenvalue weighted by molar-refractivity contribution is 5.95. The molecule has 3 rings (SSSR count). The number of hydrogen-bond acceptors (Lipinski definition) is 5. The zero-order valence-corrected chi connectivity index (χ0v) is 15.2. The fourth-order valence-electron chi connectivity index (χ4n) is 3.46. The molecule has 1 amide bonds. The number of aromatic nitrogens is 3. The molecule has 0 radical (unpaired) electrons. The Balaban J connectivity index is 1.65. The number of carbonyl (C=O) groups excluding carboxylic acids is 1. The van der Waals surface area contributed by atoms with Gasteiger partial charge in [-0.2, -0.15) is 0 Å². The topological polar surface area (TPSA) is 93.2 Å². The average Bonchev–Trinajstić information content (AvgIpc) is 3.21. The third-order valence-electron chi connectivity index (χ3n) is 4.85. The van der Waals surface area contributed by atoms with Gasteiger partial charge < -0.3 is 14.8 Å². The predicted octanol–water partition coefficient (Wildman–Crippen LogP) is 2.31. The largest absolute Gasteiger partial charge is 0.466 e. The highest BCUT2D eigenvalue weighted by atomic mass is 16.3. The Labute approximate surface area is 147 Å². The van der Waals surface area contributed by atoms with E-state index in [1.165, 1.54) is 0 Å². The van der Waals surface area contributed by atoms with Gasteiger partial charge in [-0.25, -0.2) is 0 Å². The number of amides is 1. The molecule has 2 aromatic rings. The van der Waals surface area contributed by atoms with Crippen LogP contribution in [-0.4, -0.2) is 32.0 Å². The van der Waals surface area contributed by atoms with Crippen molar-refractivity contribution >= 4 is 5.91 Å². The molecule has 1 fully saturated rings. The van der Waals surface area contributed by atoms with E-state index in [9.17, 15) is 9.90 Å². The summed E-state index contributed by atoms with van der Waals surface area (Å²) in [5.74, 6) is 1.61. The predicted molar refractivity (Wildman–Crippen MR) is 92.0 cm³/mol. The van der Waals surface area contributed by atoms with E-state index in [0.717, 1.165) is 25.0 Å². The van der Waals surface area contributed by atoms with Crippen LogP contribution in [0.5, 0.6) is 0 Å². The molecule has 7 nitrogen and oxygen atoms in total. The normalized spacial score (nSPS) is 20.8. The van der Waals surface area contributed by atoms with E-state index in [-0.39, 0.29) is 11.9 Å².